The summed E-state index contributed by atoms with van der Waals surface area (Å²) in [6.45, 7) is 4.26. The van der Waals surface area contributed by atoms with Crippen LogP contribution in [0.25, 0.3) is 22.3 Å². The van der Waals surface area contributed by atoms with Crippen LogP contribution in [0.4, 0.5) is 0 Å². The van der Waals surface area contributed by atoms with Crippen LogP contribution in [0.1, 0.15) is 60.1 Å². The van der Waals surface area contributed by atoms with E-state index in [1.54, 1.807) is 0 Å². The molecule has 3 aliphatic rings. The van der Waals surface area contributed by atoms with Crippen molar-refractivity contribution in [1.29, 1.82) is 0 Å². The van der Waals surface area contributed by atoms with E-state index < -0.39 is 7.82 Å². The molecule has 0 radical (unpaired) electrons. The van der Waals surface area contributed by atoms with Gasteiger partial charge in [-0.2, -0.15) is 0 Å². The molecule has 5 heteroatoms. The SMILES string of the molecule is CCc1ccccc1-c1ccc2c3c1OP(=O)(O)Oc1c(-c4ccccc4CC)ccc4c1C3(CC2)CC4. The molecule has 0 bridgehead atoms. The Hall–Kier alpha value is -3.33. The second kappa shape index (κ2) is 8.59. The van der Waals surface area contributed by atoms with Crippen LogP contribution in [-0.4, -0.2) is 4.89 Å². The zero-order valence-electron chi connectivity index (χ0n) is 21.8. The zero-order valence-corrected chi connectivity index (χ0v) is 22.7. The lowest BCUT2D eigenvalue weighted by Gasteiger charge is -2.35. The van der Waals surface area contributed by atoms with E-state index in [1.807, 2.05) is 24.3 Å². The van der Waals surface area contributed by atoms with E-state index in [0.717, 1.165) is 71.9 Å². The predicted octanol–water partition coefficient (Wildman–Crippen LogP) is 8.20. The molecule has 0 atom stereocenters. The average Bonchev–Trinajstić information content (AvgIpc) is 3.49. The Bertz CT molecular complexity index is 1530. The summed E-state index contributed by atoms with van der Waals surface area (Å²) in [5.41, 5.74) is 10.5. The Morgan fingerprint density at radius 2 is 1.13 bits per heavy atom. The van der Waals surface area contributed by atoms with E-state index >= 15 is 0 Å². The molecule has 1 aliphatic heterocycles. The van der Waals surface area contributed by atoms with Crippen LogP contribution in [0.2, 0.25) is 0 Å². The summed E-state index contributed by atoms with van der Waals surface area (Å²) in [4.78, 5) is 11.3. The third-order valence-corrected chi connectivity index (χ3v) is 9.70. The maximum Gasteiger partial charge on any atom is 0.584 e. The summed E-state index contributed by atoms with van der Waals surface area (Å²) in [6, 6.07) is 25.0. The second-order valence-electron chi connectivity index (χ2n) is 10.7. The largest absolute Gasteiger partial charge is 0.584 e. The van der Waals surface area contributed by atoms with Gasteiger partial charge in [0.2, 0.25) is 0 Å². The van der Waals surface area contributed by atoms with Crippen LogP contribution in [0.15, 0.2) is 72.8 Å². The van der Waals surface area contributed by atoms with Crippen molar-refractivity contribution >= 4 is 7.82 Å². The molecular formula is C33H31O4P. The van der Waals surface area contributed by atoms with Gasteiger partial charge in [0.1, 0.15) is 11.5 Å². The fourth-order valence-electron chi connectivity index (χ4n) is 7.20. The van der Waals surface area contributed by atoms with Gasteiger partial charge in [-0.3, -0.25) is 4.89 Å². The molecule has 0 aromatic heterocycles. The van der Waals surface area contributed by atoms with Crippen molar-refractivity contribution in [1.82, 2.24) is 0 Å². The van der Waals surface area contributed by atoms with Crippen LogP contribution in [0.5, 0.6) is 11.5 Å². The van der Waals surface area contributed by atoms with Crippen LogP contribution >= 0.6 is 7.82 Å². The van der Waals surface area contributed by atoms with Gasteiger partial charge in [0, 0.05) is 27.7 Å². The Kier molecular flexibility index (Phi) is 5.37. The summed E-state index contributed by atoms with van der Waals surface area (Å²) >= 11 is 0. The van der Waals surface area contributed by atoms with Gasteiger partial charge in [-0.1, -0.05) is 86.6 Å². The van der Waals surface area contributed by atoms with Crippen molar-refractivity contribution < 1.29 is 18.5 Å². The number of phosphoric ester groups is 1. The highest BCUT2D eigenvalue weighted by molar-refractivity contribution is 7.48. The van der Waals surface area contributed by atoms with Gasteiger partial charge in [0.25, 0.3) is 0 Å². The molecule has 4 aromatic rings. The fraction of sp³-hybridized carbons (Fsp3) is 0.273. The quantitative estimate of drug-likeness (QED) is 0.275. The standard InChI is InChI=1S/C33H31O4P/c1-3-21-9-5-7-11-25(21)27-15-13-23-17-19-33-20-18-24-14-16-28(26-12-8-6-10-22(26)4-2)32(30(24)33)37-38(34,35)36-31(27)29(23)33/h5-16H,3-4,17-20H2,1-2H3,(H,34,35). The Labute approximate surface area is 223 Å². The minimum absolute atomic E-state index is 0.301. The van der Waals surface area contributed by atoms with Crippen molar-refractivity contribution in [2.75, 3.05) is 0 Å². The summed E-state index contributed by atoms with van der Waals surface area (Å²) < 4.78 is 26.1. The molecule has 0 fully saturated rings. The van der Waals surface area contributed by atoms with Crippen molar-refractivity contribution in [3.05, 3.63) is 106 Å². The van der Waals surface area contributed by atoms with Gasteiger partial charge in [0.05, 0.1) is 0 Å². The number of phosphoric acid groups is 1. The normalized spacial score (nSPS) is 17.6. The van der Waals surface area contributed by atoms with Crippen LogP contribution in [0.3, 0.4) is 0 Å². The fourth-order valence-corrected chi connectivity index (χ4v) is 8.08. The third-order valence-electron chi connectivity index (χ3n) is 8.88. The Balaban J connectivity index is 1.55. The van der Waals surface area contributed by atoms with E-state index in [2.05, 4.69) is 62.4 Å². The second-order valence-corrected chi connectivity index (χ2v) is 12.0. The number of benzene rings is 4. The molecule has 192 valence electrons. The maximum absolute atomic E-state index is 13.8. The van der Waals surface area contributed by atoms with Gasteiger partial charge < -0.3 is 9.05 Å². The van der Waals surface area contributed by atoms with Gasteiger partial charge in [-0.25, -0.2) is 4.57 Å². The minimum Gasteiger partial charge on any atom is -0.394 e. The van der Waals surface area contributed by atoms with Gasteiger partial charge >= 0.3 is 7.82 Å². The van der Waals surface area contributed by atoms with Crippen molar-refractivity contribution in [2.24, 2.45) is 0 Å². The summed E-state index contributed by atoms with van der Waals surface area (Å²) in [5, 5.41) is 0. The Morgan fingerprint density at radius 3 is 1.58 bits per heavy atom. The molecule has 1 spiro atoms. The molecule has 0 unspecified atom stereocenters. The maximum atomic E-state index is 13.8. The number of hydrogen-bond acceptors (Lipinski definition) is 3. The first-order valence-electron chi connectivity index (χ1n) is 13.7. The molecule has 7 rings (SSSR count). The van der Waals surface area contributed by atoms with E-state index in [1.165, 1.54) is 22.3 Å². The lowest BCUT2D eigenvalue weighted by Crippen LogP contribution is -2.25. The highest BCUT2D eigenvalue weighted by Crippen LogP contribution is 2.65. The van der Waals surface area contributed by atoms with E-state index in [0.29, 0.717) is 11.5 Å². The van der Waals surface area contributed by atoms with Crippen molar-refractivity contribution in [3.8, 4) is 33.8 Å². The van der Waals surface area contributed by atoms with Crippen LogP contribution < -0.4 is 9.05 Å². The summed E-state index contributed by atoms with van der Waals surface area (Å²) in [7, 11) is -4.50. The molecule has 0 amide bonds. The lowest BCUT2D eigenvalue weighted by atomic mass is 9.74. The van der Waals surface area contributed by atoms with Crippen LogP contribution in [0, 0.1) is 0 Å². The molecular weight excluding hydrogens is 491 g/mol. The number of aryl methyl sites for hydroxylation is 4. The minimum atomic E-state index is -4.50. The van der Waals surface area contributed by atoms with E-state index in [9.17, 15) is 9.46 Å². The third kappa shape index (κ3) is 3.37. The van der Waals surface area contributed by atoms with Gasteiger partial charge in [0.15, 0.2) is 0 Å². The monoisotopic (exact) mass is 522 g/mol. The van der Waals surface area contributed by atoms with Crippen molar-refractivity contribution in [2.45, 2.75) is 57.8 Å². The molecule has 0 saturated heterocycles. The Morgan fingerprint density at radius 1 is 0.684 bits per heavy atom. The molecule has 38 heavy (non-hydrogen) atoms. The van der Waals surface area contributed by atoms with E-state index in [4.69, 9.17) is 9.05 Å². The molecule has 0 saturated carbocycles. The first-order valence-corrected chi connectivity index (χ1v) is 15.2. The lowest BCUT2D eigenvalue weighted by molar-refractivity contribution is 0.281. The molecule has 1 heterocycles. The highest BCUT2D eigenvalue weighted by Gasteiger charge is 2.52. The number of hydrogen-bond donors (Lipinski definition) is 1. The highest BCUT2D eigenvalue weighted by atomic mass is 31.2. The van der Waals surface area contributed by atoms with Gasteiger partial charge in [-0.05, 0) is 71.9 Å². The topological polar surface area (TPSA) is 55.8 Å². The average molecular weight is 523 g/mol. The molecule has 4 nitrogen and oxygen atoms in total. The molecule has 2 aliphatic carbocycles. The van der Waals surface area contributed by atoms with Crippen molar-refractivity contribution in [3.63, 3.8) is 0 Å². The molecule has 4 aromatic carbocycles. The number of rotatable bonds is 4. The van der Waals surface area contributed by atoms with Gasteiger partial charge in [-0.15, -0.1) is 0 Å². The van der Waals surface area contributed by atoms with Crippen LogP contribution in [-0.2, 0) is 35.7 Å². The summed E-state index contributed by atoms with van der Waals surface area (Å²) in [6.07, 6.45) is 5.42. The predicted molar refractivity (Wildman–Crippen MR) is 151 cm³/mol. The zero-order chi connectivity index (χ0) is 26.1. The van der Waals surface area contributed by atoms with E-state index in [-0.39, 0.29) is 5.41 Å². The smallest absolute Gasteiger partial charge is 0.394 e. The first-order chi connectivity index (χ1) is 18.5. The first kappa shape index (κ1) is 23.8. The molecule has 1 N–H and O–H groups in total. The summed E-state index contributed by atoms with van der Waals surface area (Å²) in [5.74, 6) is 1.04.